The lowest BCUT2D eigenvalue weighted by Gasteiger charge is -2.13. The summed E-state index contributed by atoms with van der Waals surface area (Å²) in [4.78, 5) is 0. The molecule has 1 aromatic carbocycles. The molecule has 0 bridgehead atoms. The van der Waals surface area contributed by atoms with Crippen molar-refractivity contribution < 1.29 is 18.4 Å². The standard InChI is InChI=1S/C12H18FNO3S/c1-18(16)7-6-14-8-10(15)9-17-12-5-3-2-4-11(12)13/h2-5,10,14-15H,6-9H2,1H3. The number of benzene rings is 1. The van der Waals surface area contributed by atoms with E-state index in [1.807, 2.05) is 0 Å². The summed E-state index contributed by atoms with van der Waals surface area (Å²) in [5.41, 5.74) is 0. The van der Waals surface area contributed by atoms with Crippen LogP contribution in [0.25, 0.3) is 0 Å². The number of hydrogen-bond acceptors (Lipinski definition) is 4. The molecule has 0 spiro atoms. The SMILES string of the molecule is CS(=O)CCNCC(O)COc1ccccc1F. The maximum atomic E-state index is 13.2. The molecule has 0 amide bonds. The molecular formula is C12H18FNO3S. The van der Waals surface area contributed by atoms with Crippen LogP contribution in [0, 0.1) is 5.82 Å². The third-order valence-electron chi connectivity index (χ3n) is 2.21. The molecule has 1 rings (SSSR count). The lowest BCUT2D eigenvalue weighted by Crippen LogP contribution is -2.33. The van der Waals surface area contributed by atoms with Gasteiger partial charge < -0.3 is 15.2 Å². The Kier molecular flexibility index (Phi) is 6.85. The zero-order valence-corrected chi connectivity index (χ0v) is 11.1. The number of hydrogen-bond donors (Lipinski definition) is 2. The van der Waals surface area contributed by atoms with E-state index in [0.717, 1.165) is 0 Å². The molecule has 6 heteroatoms. The summed E-state index contributed by atoms with van der Waals surface area (Å²) in [6, 6.07) is 6.05. The van der Waals surface area contributed by atoms with Gasteiger partial charge >= 0.3 is 0 Å². The number of aliphatic hydroxyl groups excluding tert-OH is 1. The Labute approximate surface area is 109 Å². The van der Waals surface area contributed by atoms with Gasteiger partial charge in [-0.1, -0.05) is 12.1 Å². The summed E-state index contributed by atoms with van der Waals surface area (Å²) in [5.74, 6) is 0.228. The first-order valence-corrected chi connectivity index (χ1v) is 7.38. The van der Waals surface area contributed by atoms with Gasteiger partial charge in [-0.2, -0.15) is 0 Å². The van der Waals surface area contributed by atoms with Crippen LogP contribution in [-0.4, -0.2) is 47.1 Å². The second-order valence-corrected chi connectivity index (χ2v) is 5.43. The van der Waals surface area contributed by atoms with E-state index in [1.54, 1.807) is 18.4 Å². The van der Waals surface area contributed by atoms with Gasteiger partial charge in [-0.25, -0.2) is 4.39 Å². The molecule has 0 aliphatic heterocycles. The molecule has 0 aliphatic rings. The van der Waals surface area contributed by atoms with Crippen LogP contribution >= 0.6 is 0 Å². The van der Waals surface area contributed by atoms with E-state index in [1.165, 1.54) is 12.1 Å². The number of rotatable bonds is 8. The van der Waals surface area contributed by atoms with Crippen LogP contribution in [0.4, 0.5) is 4.39 Å². The van der Waals surface area contributed by atoms with Gasteiger partial charge in [-0.05, 0) is 12.1 Å². The number of halogens is 1. The fourth-order valence-corrected chi connectivity index (χ4v) is 1.72. The number of ether oxygens (including phenoxy) is 1. The summed E-state index contributed by atoms with van der Waals surface area (Å²) in [7, 11) is -0.842. The van der Waals surface area contributed by atoms with E-state index in [0.29, 0.717) is 18.8 Å². The Hall–Kier alpha value is -0.980. The Balaban J connectivity index is 2.19. The molecule has 0 saturated carbocycles. The maximum Gasteiger partial charge on any atom is 0.165 e. The van der Waals surface area contributed by atoms with Gasteiger partial charge in [-0.3, -0.25) is 4.21 Å². The summed E-state index contributed by atoms with van der Waals surface area (Å²) < 4.78 is 29.1. The van der Waals surface area contributed by atoms with Crippen LogP contribution < -0.4 is 10.1 Å². The monoisotopic (exact) mass is 275 g/mol. The molecule has 0 aromatic heterocycles. The highest BCUT2D eigenvalue weighted by Gasteiger charge is 2.07. The molecule has 0 aliphatic carbocycles. The average molecular weight is 275 g/mol. The van der Waals surface area contributed by atoms with Crippen LogP contribution in [0.3, 0.4) is 0 Å². The Morgan fingerprint density at radius 2 is 2.22 bits per heavy atom. The van der Waals surface area contributed by atoms with Crippen LogP contribution in [0.15, 0.2) is 24.3 Å². The highest BCUT2D eigenvalue weighted by atomic mass is 32.2. The number of aliphatic hydroxyl groups is 1. The van der Waals surface area contributed by atoms with E-state index < -0.39 is 22.7 Å². The van der Waals surface area contributed by atoms with Gasteiger partial charge in [0.1, 0.15) is 12.7 Å². The first kappa shape index (κ1) is 15.1. The molecule has 0 radical (unpaired) electrons. The molecule has 2 unspecified atom stereocenters. The van der Waals surface area contributed by atoms with E-state index >= 15 is 0 Å². The Bertz CT molecular complexity index is 389. The lowest BCUT2D eigenvalue weighted by atomic mass is 10.3. The predicted octanol–water partition coefficient (Wildman–Crippen LogP) is 0.534. The normalized spacial score (nSPS) is 14.2. The van der Waals surface area contributed by atoms with Crippen molar-refractivity contribution in [2.75, 3.05) is 31.7 Å². The molecule has 4 nitrogen and oxygen atoms in total. The summed E-state index contributed by atoms with van der Waals surface area (Å²) in [6.45, 7) is 0.911. The fourth-order valence-electron chi connectivity index (χ4n) is 1.29. The second-order valence-electron chi connectivity index (χ2n) is 3.88. The summed E-state index contributed by atoms with van der Waals surface area (Å²) >= 11 is 0. The van der Waals surface area contributed by atoms with Crippen molar-refractivity contribution in [3.63, 3.8) is 0 Å². The minimum absolute atomic E-state index is 0.0170. The van der Waals surface area contributed by atoms with Crippen LogP contribution in [-0.2, 0) is 10.8 Å². The van der Waals surface area contributed by atoms with Crippen LogP contribution in [0.5, 0.6) is 5.75 Å². The topological polar surface area (TPSA) is 58.6 Å². The van der Waals surface area contributed by atoms with Crippen molar-refractivity contribution >= 4 is 10.8 Å². The third-order valence-corrected chi connectivity index (χ3v) is 2.99. The van der Waals surface area contributed by atoms with Crippen molar-refractivity contribution in [1.29, 1.82) is 0 Å². The van der Waals surface area contributed by atoms with E-state index in [2.05, 4.69) is 5.32 Å². The highest BCUT2D eigenvalue weighted by molar-refractivity contribution is 7.84. The molecule has 18 heavy (non-hydrogen) atoms. The highest BCUT2D eigenvalue weighted by Crippen LogP contribution is 2.15. The van der Waals surface area contributed by atoms with E-state index in [4.69, 9.17) is 4.74 Å². The van der Waals surface area contributed by atoms with E-state index in [9.17, 15) is 13.7 Å². The third kappa shape index (κ3) is 6.09. The molecule has 0 fully saturated rings. The van der Waals surface area contributed by atoms with Crippen molar-refractivity contribution in [2.45, 2.75) is 6.10 Å². The molecule has 1 aromatic rings. The largest absolute Gasteiger partial charge is 0.488 e. The minimum Gasteiger partial charge on any atom is -0.488 e. The zero-order valence-electron chi connectivity index (χ0n) is 10.3. The Morgan fingerprint density at radius 1 is 1.50 bits per heavy atom. The maximum absolute atomic E-state index is 13.2. The molecule has 0 saturated heterocycles. The van der Waals surface area contributed by atoms with Crippen LogP contribution in [0.2, 0.25) is 0 Å². The molecule has 102 valence electrons. The van der Waals surface area contributed by atoms with Crippen molar-refractivity contribution in [1.82, 2.24) is 5.32 Å². The van der Waals surface area contributed by atoms with Gasteiger partial charge in [0.05, 0.1) is 0 Å². The van der Waals surface area contributed by atoms with Gasteiger partial charge in [-0.15, -0.1) is 0 Å². The molecule has 2 N–H and O–H groups in total. The lowest BCUT2D eigenvalue weighted by molar-refractivity contribution is 0.105. The van der Waals surface area contributed by atoms with Gasteiger partial charge in [0.25, 0.3) is 0 Å². The molecule has 2 atom stereocenters. The summed E-state index contributed by atoms with van der Waals surface area (Å²) in [5, 5.41) is 12.5. The Morgan fingerprint density at radius 3 is 2.89 bits per heavy atom. The van der Waals surface area contributed by atoms with Crippen molar-refractivity contribution in [3.8, 4) is 5.75 Å². The molecule has 0 heterocycles. The number of para-hydroxylation sites is 1. The smallest absolute Gasteiger partial charge is 0.165 e. The van der Waals surface area contributed by atoms with Crippen molar-refractivity contribution in [2.24, 2.45) is 0 Å². The van der Waals surface area contributed by atoms with Crippen LogP contribution in [0.1, 0.15) is 0 Å². The minimum atomic E-state index is -0.842. The quantitative estimate of drug-likeness (QED) is 0.680. The number of nitrogens with one attached hydrogen (secondary N) is 1. The average Bonchev–Trinajstić information content (AvgIpc) is 2.33. The fraction of sp³-hybridized carbons (Fsp3) is 0.500. The van der Waals surface area contributed by atoms with E-state index in [-0.39, 0.29) is 12.4 Å². The second kappa shape index (κ2) is 8.18. The molecular weight excluding hydrogens is 257 g/mol. The first-order valence-electron chi connectivity index (χ1n) is 5.65. The van der Waals surface area contributed by atoms with Gasteiger partial charge in [0.15, 0.2) is 11.6 Å². The summed E-state index contributed by atoms with van der Waals surface area (Å²) in [6.07, 6.45) is 0.897. The van der Waals surface area contributed by atoms with Crippen molar-refractivity contribution in [3.05, 3.63) is 30.1 Å². The predicted molar refractivity (Wildman–Crippen MR) is 69.7 cm³/mol. The first-order chi connectivity index (χ1) is 8.59. The van der Waals surface area contributed by atoms with Gasteiger partial charge in [0, 0.05) is 35.9 Å². The van der Waals surface area contributed by atoms with Gasteiger partial charge in [0.2, 0.25) is 0 Å². The zero-order chi connectivity index (χ0) is 13.4.